The van der Waals surface area contributed by atoms with Crippen LogP contribution in [0.15, 0.2) is 0 Å². The van der Waals surface area contributed by atoms with Gasteiger partial charge in [0.05, 0.1) is 5.92 Å². The van der Waals surface area contributed by atoms with E-state index in [1.54, 1.807) is 4.90 Å². The van der Waals surface area contributed by atoms with Crippen molar-refractivity contribution in [3.8, 4) is 0 Å². The van der Waals surface area contributed by atoms with E-state index in [1.165, 1.54) is 25.7 Å². The van der Waals surface area contributed by atoms with Gasteiger partial charge in [-0.3, -0.25) is 4.79 Å². The van der Waals surface area contributed by atoms with Gasteiger partial charge in [0.2, 0.25) is 0 Å². The second-order valence-electron chi connectivity index (χ2n) is 6.90. The number of rotatable bonds is 2. The molecule has 0 aromatic carbocycles. The first-order valence-electron chi connectivity index (χ1n) is 8.39. The highest BCUT2D eigenvalue weighted by Crippen LogP contribution is 2.37. The molecular formula is C16H26N2O3. The Hall–Kier alpha value is -1.26. The summed E-state index contributed by atoms with van der Waals surface area (Å²) < 4.78 is 0. The lowest BCUT2D eigenvalue weighted by Crippen LogP contribution is -2.49. The van der Waals surface area contributed by atoms with Crippen molar-refractivity contribution in [1.29, 1.82) is 0 Å². The van der Waals surface area contributed by atoms with Crippen molar-refractivity contribution in [2.45, 2.75) is 64.0 Å². The van der Waals surface area contributed by atoms with Gasteiger partial charge in [-0.1, -0.05) is 12.8 Å². The highest BCUT2D eigenvalue weighted by Gasteiger charge is 2.43. The van der Waals surface area contributed by atoms with Crippen LogP contribution in [0, 0.1) is 11.8 Å². The molecule has 5 nitrogen and oxygen atoms in total. The molecule has 0 aromatic rings. The van der Waals surface area contributed by atoms with Crippen LogP contribution in [-0.4, -0.2) is 52.1 Å². The molecule has 3 unspecified atom stereocenters. The van der Waals surface area contributed by atoms with Gasteiger partial charge in [0.25, 0.3) is 0 Å². The van der Waals surface area contributed by atoms with Crippen LogP contribution < -0.4 is 0 Å². The number of urea groups is 1. The lowest BCUT2D eigenvalue weighted by Gasteiger charge is -2.34. The van der Waals surface area contributed by atoms with Crippen molar-refractivity contribution in [1.82, 2.24) is 9.80 Å². The predicted octanol–water partition coefficient (Wildman–Crippen LogP) is 2.56. The van der Waals surface area contributed by atoms with Gasteiger partial charge in [0, 0.05) is 25.2 Å². The molecule has 0 bridgehead atoms. The second-order valence-corrected chi connectivity index (χ2v) is 6.90. The molecule has 1 aliphatic carbocycles. The van der Waals surface area contributed by atoms with Crippen molar-refractivity contribution < 1.29 is 14.7 Å². The first kappa shape index (κ1) is 14.7. The zero-order chi connectivity index (χ0) is 15.0. The minimum Gasteiger partial charge on any atom is -0.481 e. The van der Waals surface area contributed by atoms with E-state index in [2.05, 4.69) is 4.90 Å². The molecule has 118 valence electrons. The number of carboxylic acid groups (broad SMARTS) is 1. The van der Waals surface area contributed by atoms with E-state index >= 15 is 0 Å². The van der Waals surface area contributed by atoms with Crippen LogP contribution in [0.2, 0.25) is 0 Å². The molecule has 2 heterocycles. The van der Waals surface area contributed by atoms with Crippen molar-refractivity contribution in [3.05, 3.63) is 0 Å². The third-order valence-corrected chi connectivity index (χ3v) is 5.81. The molecule has 1 saturated carbocycles. The Morgan fingerprint density at radius 3 is 2.29 bits per heavy atom. The van der Waals surface area contributed by atoms with Crippen LogP contribution in [-0.2, 0) is 4.79 Å². The van der Waals surface area contributed by atoms with Crippen molar-refractivity contribution in [3.63, 3.8) is 0 Å². The molecule has 21 heavy (non-hydrogen) atoms. The summed E-state index contributed by atoms with van der Waals surface area (Å²) in [5.41, 5.74) is 0. The van der Waals surface area contributed by atoms with Crippen LogP contribution in [0.4, 0.5) is 4.79 Å². The van der Waals surface area contributed by atoms with Crippen LogP contribution in [0.25, 0.3) is 0 Å². The molecule has 1 N–H and O–H groups in total. The number of aliphatic carboxylic acids is 1. The Morgan fingerprint density at radius 2 is 1.67 bits per heavy atom. The van der Waals surface area contributed by atoms with Gasteiger partial charge in [-0.2, -0.15) is 0 Å². The molecule has 2 aliphatic heterocycles. The number of carbonyl (C=O) groups is 2. The number of amides is 2. The smallest absolute Gasteiger partial charge is 0.320 e. The van der Waals surface area contributed by atoms with Crippen molar-refractivity contribution in [2.24, 2.45) is 11.8 Å². The molecule has 0 aromatic heterocycles. The first-order chi connectivity index (χ1) is 10.1. The van der Waals surface area contributed by atoms with E-state index < -0.39 is 11.9 Å². The number of carbonyl (C=O) groups excluding carboxylic acids is 1. The van der Waals surface area contributed by atoms with E-state index in [0.717, 1.165) is 19.4 Å². The summed E-state index contributed by atoms with van der Waals surface area (Å²) in [6.07, 6.45) is 7.90. The zero-order valence-electron chi connectivity index (χ0n) is 12.8. The molecule has 3 fully saturated rings. The van der Waals surface area contributed by atoms with Gasteiger partial charge in [0.15, 0.2) is 0 Å². The molecular weight excluding hydrogens is 268 g/mol. The summed E-state index contributed by atoms with van der Waals surface area (Å²) in [4.78, 5) is 27.9. The summed E-state index contributed by atoms with van der Waals surface area (Å²) in [5, 5.41) is 9.22. The molecule has 3 atom stereocenters. The summed E-state index contributed by atoms with van der Waals surface area (Å²) in [7, 11) is 0. The monoisotopic (exact) mass is 294 g/mol. The average Bonchev–Trinajstić information content (AvgIpc) is 3.17. The quantitative estimate of drug-likeness (QED) is 0.851. The van der Waals surface area contributed by atoms with E-state index in [1.807, 2.05) is 6.92 Å². The van der Waals surface area contributed by atoms with Gasteiger partial charge >= 0.3 is 12.0 Å². The normalized spacial score (nSPS) is 33.9. The molecule has 0 radical (unpaired) electrons. The summed E-state index contributed by atoms with van der Waals surface area (Å²) in [5.74, 6) is -0.502. The first-order valence-corrected chi connectivity index (χ1v) is 8.39. The third-order valence-electron chi connectivity index (χ3n) is 5.81. The topological polar surface area (TPSA) is 60.9 Å². The van der Waals surface area contributed by atoms with Crippen LogP contribution >= 0.6 is 0 Å². The minimum atomic E-state index is -0.772. The highest BCUT2D eigenvalue weighted by molar-refractivity contribution is 5.78. The van der Waals surface area contributed by atoms with Crippen LogP contribution in [0.3, 0.4) is 0 Å². The third kappa shape index (κ3) is 2.62. The fraction of sp³-hybridized carbons (Fsp3) is 0.875. The maximum absolute atomic E-state index is 12.9. The van der Waals surface area contributed by atoms with Gasteiger partial charge in [0.1, 0.15) is 0 Å². The molecule has 3 rings (SSSR count). The van der Waals surface area contributed by atoms with Crippen molar-refractivity contribution in [2.75, 3.05) is 13.1 Å². The Bertz CT molecular complexity index is 420. The molecule has 0 spiro atoms. The van der Waals surface area contributed by atoms with Gasteiger partial charge in [-0.25, -0.2) is 4.79 Å². The fourth-order valence-corrected chi connectivity index (χ4v) is 4.57. The molecule has 3 aliphatic rings. The Labute approximate surface area is 126 Å². The largest absolute Gasteiger partial charge is 0.481 e. The van der Waals surface area contributed by atoms with Crippen LogP contribution in [0.1, 0.15) is 51.9 Å². The number of likely N-dealkylation sites (tertiary alicyclic amines) is 2. The average molecular weight is 294 g/mol. The fourth-order valence-electron chi connectivity index (χ4n) is 4.57. The van der Waals surface area contributed by atoms with E-state index in [0.29, 0.717) is 24.9 Å². The van der Waals surface area contributed by atoms with Gasteiger partial charge in [-0.15, -0.1) is 0 Å². The Kier molecular flexibility index (Phi) is 4.09. The lowest BCUT2D eigenvalue weighted by atomic mass is 9.96. The van der Waals surface area contributed by atoms with E-state index in [4.69, 9.17) is 0 Å². The number of hydrogen-bond acceptors (Lipinski definition) is 2. The van der Waals surface area contributed by atoms with Gasteiger partial charge < -0.3 is 14.9 Å². The Morgan fingerprint density at radius 1 is 0.952 bits per heavy atom. The van der Waals surface area contributed by atoms with E-state index in [-0.39, 0.29) is 12.1 Å². The SMILES string of the molecule is CC1C(C(=O)O)CCN1C(=O)N1CCCC1C1CCCC1. The van der Waals surface area contributed by atoms with E-state index in [9.17, 15) is 14.7 Å². The highest BCUT2D eigenvalue weighted by atomic mass is 16.4. The zero-order valence-corrected chi connectivity index (χ0v) is 12.8. The van der Waals surface area contributed by atoms with Crippen LogP contribution in [0.5, 0.6) is 0 Å². The summed E-state index contributed by atoms with van der Waals surface area (Å²) >= 11 is 0. The summed E-state index contributed by atoms with van der Waals surface area (Å²) in [6.45, 7) is 3.32. The Balaban J connectivity index is 1.68. The number of carboxylic acids is 1. The molecule has 2 amide bonds. The number of hydrogen-bond donors (Lipinski definition) is 1. The van der Waals surface area contributed by atoms with Crippen molar-refractivity contribution >= 4 is 12.0 Å². The lowest BCUT2D eigenvalue weighted by molar-refractivity contribution is -0.142. The molecule has 2 saturated heterocycles. The standard InChI is InChI=1S/C16H26N2O3/c1-11-13(15(19)20)8-10-17(11)16(21)18-9-4-7-14(18)12-5-2-3-6-12/h11-14H,2-10H2,1H3,(H,19,20). The van der Waals surface area contributed by atoms with Gasteiger partial charge in [-0.05, 0) is 44.9 Å². The second kappa shape index (κ2) is 5.85. The predicted molar refractivity (Wildman–Crippen MR) is 79.0 cm³/mol. The minimum absolute atomic E-state index is 0.0839. The number of nitrogens with zero attached hydrogens (tertiary/aromatic N) is 2. The maximum atomic E-state index is 12.9. The summed E-state index contributed by atoms with van der Waals surface area (Å²) in [6, 6.07) is 0.302. The maximum Gasteiger partial charge on any atom is 0.320 e. The molecule has 5 heteroatoms.